The van der Waals surface area contributed by atoms with Gasteiger partial charge < -0.3 is 5.11 Å². The van der Waals surface area contributed by atoms with Crippen molar-refractivity contribution in [1.29, 1.82) is 0 Å². The summed E-state index contributed by atoms with van der Waals surface area (Å²) < 4.78 is 39.9. The molecule has 160 valence electrons. The third-order valence-electron chi connectivity index (χ3n) is 5.13. The topological polar surface area (TPSA) is 70.7 Å². The Morgan fingerprint density at radius 1 is 1.13 bits per heavy atom. The van der Waals surface area contributed by atoms with Gasteiger partial charge in [0.2, 0.25) is 0 Å². The van der Waals surface area contributed by atoms with Crippen LogP contribution in [0.25, 0.3) is 0 Å². The number of benzene rings is 2. The number of aromatic hydroxyl groups is 1. The summed E-state index contributed by atoms with van der Waals surface area (Å²) in [6.45, 7) is 1.05. The summed E-state index contributed by atoms with van der Waals surface area (Å²) in [6.07, 6.45) is -4.23. The summed E-state index contributed by atoms with van der Waals surface area (Å²) in [7, 11) is 0. The molecule has 2 heterocycles. The molecule has 4 rings (SSSR count). The minimum Gasteiger partial charge on any atom is -0.508 e. The molecule has 0 radical (unpaired) electrons. The minimum atomic E-state index is -4.59. The molecule has 1 aliphatic heterocycles. The number of carbonyl (C=O) groups is 1. The quantitative estimate of drug-likeness (QED) is 0.674. The Kier molecular flexibility index (Phi) is 5.26. The van der Waals surface area contributed by atoms with Crippen LogP contribution in [0.1, 0.15) is 35.0 Å². The van der Waals surface area contributed by atoms with Crippen LogP contribution >= 0.6 is 0 Å². The number of halogens is 3. The number of amides is 1. The number of hydrogen-bond donors (Lipinski definition) is 1. The van der Waals surface area contributed by atoms with Crippen LogP contribution in [0.15, 0.2) is 65.8 Å². The number of aryl methyl sites for hydroxylation is 1. The number of alkyl halides is 3. The van der Waals surface area contributed by atoms with E-state index in [0.717, 1.165) is 16.3 Å². The van der Waals surface area contributed by atoms with Crippen LogP contribution in [-0.2, 0) is 17.5 Å². The van der Waals surface area contributed by atoms with Crippen molar-refractivity contribution in [2.75, 3.05) is 0 Å². The largest absolute Gasteiger partial charge is 0.508 e. The van der Waals surface area contributed by atoms with Gasteiger partial charge in [-0.15, -0.1) is 0 Å². The van der Waals surface area contributed by atoms with Gasteiger partial charge in [0.15, 0.2) is 5.69 Å². The maximum Gasteiger partial charge on any atom is 0.435 e. The highest BCUT2D eigenvalue weighted by atomic mass is 19.4. The molecule has 0 saturated carbocycles. The van der Waals surface area contributed by atoms with E-state index in [1.807, 2.05) is 30.3 Å². The van der Waals surface area contributed by atoms with Gasteiger partial charge in [-0.25, -0.2) is 5.01 Å². The van der Waals surface area contributed by atoms with Crippen molar-refractivity contribution >= 4 is 11.6 Å². The van der Waals surface area contributed by atoms with Gasteiger partial charge in [0.25, 0.3) is 5.91 Å². The normalized spacial score (nSPS) is 16.5. The van der Waals surface area contributed by atoms with Gasteiger partial charge in [-0.1, -0.05) is 48.5 Å². The van der Waals surface area contributed by atoms with E-state index < -0.39 is 30.4 Å². The average Bonchev–Trinajstić information content (AvgIpc) is 3.33. The van der Waals surface area contributed by atoms with Gasteiger partial charge in [-0.2, -0.15) is 23.4 Å². The predicted molar refractivity (Wildman–Crippen MR) is 107 cm³/mol. The summed E-state index contributed by atoms with van der Waals surface area (Å²) in [5, 5.41) is 19.5. The van der Waals surface area contributed by atoms with Crippen molar-refractivity contribution in [3.63, 3.8) is 0 Å². The zero-order valence-electron chi connectivity index (χ0n) is 16.5. The first kappa shape index (κ1) is 20.6. The molecule has 1 aliphatic rings. The van der Waals surface area contributed by atoms with Gasteiger partial charge >= 0.3 is 6.18 Å². The lowest BCUT2D eigenvalue weighted by Crippen LogP contribution is -2.31. The first-order chi connectivity index (χ1) is 14.7. The first-order valence-electron chi connectivity index (χ1n) is 9.58. The molecule has 9 heteroatoms. The molecule has 0 bridgehead atoms. The highest BCUT2D eigenvalue weighted by Crippen LogP contribution is 2.37. The number of hydrogen-bond acceptors (Lipinski definition) is 4. The van der Waals surface area contributed by atoms with Crippen LogP contribution in [0, 0.1) is 6.92 Å². The number of rotatable bonds is 4. The maximum absolute atomic E-state index is 13.1. The third-order valence-corrected chi connectivity index (χ3v) is 5.13. The van der Waals surface area contributed by atoms with Gasteiger partial charge in [0, 0.05) is 17.7 Å². The van der Waals surface area contributed by atoms with Gasteiger partial charge in [-0.05, 0) is 24.6 Å². The van der Waals surface area contributed by atoms with E-state index in [1.54, 1.807) is 18.2 Å². The van der Waals surface area contributed by atoms with Crippen molar-refractivity contribution < 1.29 is 23.1 Å². The molecule has 0 saturated heterocycles. The second kappa shape index (κ2) is 7.90. The molecular formula is C22H19F3N4O2. The van der Waals surface area contributed by atoms with E-state index in [0.29, 0.717) is 17.7 Å². The minimum absolute atomic E-state index is 0.0180. The molecular weight excluding hydrogens is 409 g/mol. The molecule has 1 aromatic heterocycles. The Bertz CT molecular complexity index is 1140. The molecule has 1 amide bonds. The van der Waals surface area contributed by atoms with E-state index in [9.17, 15) is 23.1 Å². The Balaban J connectivity index is 1.67. The SMILES string of the molecule is Cc1cc(C(F)(F)F)nn1CC(=O)N1N=C(c2ccccc2)C[C@@H]1c1ccccc1O. The van der Waals surface area contributed by atoms with Crippen LogP contribution in [-0.4, -0.2) is 31.5 Å². The van der Waals surface area contributed by atoms with Crippen molar-refractivity contribution in [2.24, 2.45) is 5.10 Å². The molecule has 2 aromatic carbocycles. The number of aromatic nitrogens is 2. The second-order valence-electron chi connectivity index (χ2n) is 7.26. The van der Waals surface area contributed by atoms with Crippen molar-refractivity contribution in [1.82, 2.24) is 14.8 Å². The Morgan fingerprint density at radius 3 is 2.45 bits per heavy atom. The summed E-state index contributed by atoms with van der Waals surface area (Å²) in [5.41, 5.74) is 1.15. The molecule has 0 aliphatic carbocycles. The maximum atomic E-state index is 13.1. The lowest BCUT2D eigenvalue weighted by atomic mass is 9.98. The Morgan fingerprint density at radius 2 is 1.81 bits per heavy atom. The zero-order valence-corrected chi connectivity index (χ0v) is 16.5. The van der Waals surface area contributed by atoms with Crippen molar-refractivity contribution in [3.05, 3.63) is 83.2 Å². The van der Waals surface area contributed by atoms with Crippen LogP contribution in [0.5, 0.6) is 5.75 Å². The molecule has 1 N–H and O–H groups in total. The summed E-state index contributed by atoms with van der Waals surface area (Å²) >= 11 is 0. The summed E-state index contributed by atoms with van der Waals surface area (Å²) in [5.74, 6) is -0.511. The fraction of sp³-hybridized carbons (Fsp3) is 0.227. The second-order valence-corrected chi connectivity index (χ2v) is 7.26. The highest BCUT2D eigenvalue weighted by molar-refractivity contribution is 6.03. The number of phenols is 1. The smallest absolute Gasteiger partial charge is 0.435 e. The summed E-state index contributed by atoms with van der Waals surface area (Å²) in [6, 6.07) is 16.2. The van der Waals surface area contributed by atoms with E-state index in [4.69, 9.17) is 0 Å². The predicted octanol–water partition coefficient (Wildman–Crippen LogP) is 4.29. The monoisotopic (exact) mass is 428 g/mol. The molecule has 0 spiro atoms. The summed E-state index contributed by atoms with van der Waals surface area (Å²) in [4.78, 5) is 13.1. The highest BCUT2D eigenvalue weighted by Gasteiger charge is 2.37. The zero-order chi connectivity index (χ0) is 22.2. The number of hydrazone groups is 1. The molecule has 3 aromatic rings. The van der Waals surface area contributed by atoms with Crippen LogP contribution in [0.3, 0.4) is 0 Å². The van der Waals surface area contributed by atoms with Crippen molar-refractivity contribution in [2.45, 2.75) is 32.1 Å². The third kappa shape index (κ3) is 4.16. The van der Waals surface area contributed by atoms with E-state index in [-0.39, 0.29) is 11.4 Å². The lowest BCUT2D eigenvalue weighted by Gasteiger charge is -2.23. The fourth-order valence-electron chi connectivity index (χ4n) is 3.57. The van der Waals surface area contributed by atoms with E-state index in [1.165, 1.54) is 18.0 Å². The van der Waals surface area contributed by atoms with Gasteiger partial charge in [0.1, 0.15) is 12.3 Å². The van der Waals surface area contributed by atoms with E-state index >= 15 is 0 Å². The number of para-hydroxylation sites is 1. The van der Waals surface area contributed by atoms with Crippen LogP contribution < -0.4 is 0 Å². The molecule has 6 nitrogen and oxygen atoms in total. The van der Waals surface area contributed by atoms with Crippen molar-refractivity contribution in [3.8, 4) is 5.75 Å². The molecule has 1 atom stereocenters. The van der Waals surface area contributed by atoms with Gasteiger partial charge in [0.05, 0.1) is 11.8 Å². The number of carbonyl (C=O) groups excluding carboxylic acids is 1. The van der Waals surface area contributed by atoms with Gasteiger partial charge in [-0.3, -0.25) is 9.48 Å². The Labute approximate surface area is 176 Å². The molecule has 0 fully saturated rings. The molecule has 0 unspecified atom stereocenters. The average molecular weight is 428 g/mol. The first-order valence-corrected chi connectivity index (χ1v) is 9.58. The fourth-order valence-corrected chi connectivity index (χ4v) is 3.57. The standard InChI is InChI=1S/C22H19F3N4O2/c1-14-11-20(22(23,24)25)27-28(14)13-21(31)29-18(16-9-5-6-10-19(16)30)12-17(26-29)15-7-3-2-4-8-15/h2-11,18,30H,12-13H2,1H3/t18-/m1/s1. The number of phenolic OH excluding ortho intramolecular Hbond substituents is 1. The molecule has 31 heavy (non-hydrogen) atoms. The van der Waals surface area contributed by atoms with Crippen LogP contribution in [0.2, 0.25) is 0 Å². The van der Waals surface area contributed by atoms with Crippen LogP contribution in [0.4, 0.5) is 13.2 Å². The van der Waals surface area contributed by atoms with E-state index in [2.05, 4.69) is 10.2 Å². The Hall–Kier alpha value is -3.62. The lowest BCUT2D eigenvalue weighted by molar-refractivity contribution is -0.142. The number of nitrogens with zero attached hydrogens (tertiary/aromatic N) is 4.